The van der Waals surface area contributed by atoms with Crippen molar-refractivity contribution in [2.45, 2.75) is 58.3 Å². The van der Waals surface area contributed by atoms with Gasteiger partial charge in [0, 0.05) is 17.0 Å². The molecule has 0 aliphatic heterocycles. The zero-order valence-electron chi connectivity index (χ0n) is 21.9. The van der Waals surface area contributed by atoms with Crippen molar-refractivity contribution < 1.29 is 14.3 Å². The Kier molecular flexibility index (Phi) is 6.64. The van der Waals surface area contributed by atoms with Gasteiger partial charge in [-0.25, -0.2) is 0 Å². The zero-order valence-corrected chi connectivity index (χ0v) is 21.9. The molecule has 2 atom stereocenters. The Balaban J connectivity index is 1.82. The summed E-state index contributed by atoms with van der Waals surface area (Å²) >= 11 is 0. The highest BCUT2D eigenvalue weighted by Gasteiger charge is 2.36. The predicted octanol–water partition coefficient (Wildman–Crippen LogP) is 7.67. The number of rotatable bonds is 4. The maximum absolute atomic E-state index is 14.0. The Morgan fingerprint density at radius 2 is 1.37 bits per heavy atom. The highest BCUT2D eigenvalue weighted by atomic mass is 16.5. The Hall–Kier alpha value is -3.33. The van der Waals surface area contributed by atoms with Crippen LogP contribution in [0.2, 0.25) is 0 Å². The van der Waals surface area contributed by atoms with E-state index in [1.54, 1.807) is 7.11 Å². The fraction of sp³-hybridized carbons (Fsp3) is 0.344. The Bertz CT molecular complexity index is 1200. The van der Waals surface area contributed by atoms with Crippen LogP contribution in [0.3, 0.4) is 0 Å². The van der Waals surface area contributed by atoms with E-state index in [1.807, 2.05) is 54.6 Å². The Morgan fingerprint density at radius 3 is 1.94 bits per heavy atom. The third-order valence-electron chi connectivity index (χ3n) is 6.72. The Labute approximate surface area is 209 Å². The zero-order chi connectivity index (χ0) is 25.4. The first kappa shape index (κ1) is 24.8. The largest absolute Gasteiger partial charge is 0.497 e. The molecule has 1 aliphatic rings. The number of carbonyl (C=O) groups excluding carboxylic acids is 1. The van der Waals surface area contributed by atoms with Crippen LogP contribution < -0.4 is 9.47 Å². The highest BCUT2D eigenvalue weighted by molar-refractivity contribution is 5.83. The van der Waals surface area contributed by atoms with E-state index in [0.717, 1.165) is 33.6 Å². The average molecular weight is 469 g/mol. The molecule has 0 heterocycles. The van der Waals surface area contributed by atoms with E-state index in [9.17, 15) is 4.79 Å². The summed E-state index contributed by atoms with van der Waals surface area (Å²) < 4.78 is 12.0. The lowest BCUT2D eigenvalue weighted by atomic mass is 9.75. The Morgan fingerprint density at radius 1 is 0.800 bits per heavy atom. The minimum atomic E-state index is -0.435. The van der Waals surface area contributed by atoms with Crippen LogP contribution in [0.1, 0.15) is 75.3 Å². The van der Waals surface area contributed by atoms with Crippen molar-refractivity contribution in [2.24, 2.45) is 5.92 Å². The van der Waals surface area contributed by atoms with Gasteiger partial charge in [0.25, 0.3) is 0 Å². The number of hydrogen-bond acceptors (Lipinski definition) is 3. The van der Waals surface area contributed by atoms with Gasteiger partial charge in [0.05, 0.1) is 13.0 Å². The van der Waals surface area contributed by atoms with E-state index in [4.69, 9.17) is 9.47 Å². The van der Waals surface area contributed by atoms with Crippen LogP contribution in [0.15, 0.2) is 72.8 Å². The molecule has 182 valence electrons. The van der Waals surface area contributed by atoms with Gasteiger partial charge in [0.2, 0.25) is 0 Å². The fourth-order valence-electron chi connectivity index (χ4n) is 4.83. The summed E-state index contributed by atoms with van der Waals surface area (Å²) in [5.41, 5.74) is 4.84. The molecule has 3 heteroatoms. The number of fused-ring (bicyclic) bond motifs is 1. The summed E-state index contributed by atoms with van der Waals surface area (Å²) in [6, 6.07) is 22.5. The van der Waals surface area contributed by atoms with Gasteiger partial charge in [0.1, 0.15) is 11.5 Å². The molecule has 0 saturated carbocycles. The molecule has 4 rings (SSSR count). The van der Waals surface area contributed by atoms with Crippen LogP contribution in [-0.4, -0.2) is 13.1 Å². The molecule has 2 unspecified atom stereocenters. The summed E-state index contributed by atoms with van der Waals surface area (Å²) in [6.45, 7) is 12.8. The van der Waals surface area contributed by atoms with Crippen LogP contribution >= 0.6 is 0 Å². The normalized spacial score (nSPS) is 17.6. The van der Waals surface area contributed by atoms with Crippen LogP contribution in [0.5, 0.6) is 11.5 Å². The summed E-state index contributed by atoms with van der Waals surface area (Å²) in [4.78, 5) is 14.0. The lowest BCUT2D eigenvalue weighted by molar-refractivity contribution is -0.137. The maximum atomic E-state index is 14.0. The quantitative estimate of drug-likeness (QED) is 0.291. The monoisotopic (exact) mass is 468 g/mol. The van der Waals surface area contributed by atoms with E-state index >= 15 is 0 Å². The third kappa shape index (κ3) is 5.05. The molecule has 3 aromatic carbocycles. The van der Waals surface area contributed by atoms with Crippen molar-refractivity contribution in [1.82, 2.24) is 0 Å². The molecule has 35 heavy (non-hydrogen) atoms. The second-order valence-electron chi connectivity index (χ2n) is 11.4. The number of ether oxygens (including phenoxy) is 2. The van der Waals surface area contributed by atoms with Crippen LogP contribution in [0, 0.1) is 5.92 Å². The molecular formula is C32H36O3. The van der Waals surface area contributed by atoms with E-state index in [-0.39, 0.29) is 22.7 Å². The molecule has 0 saturated heterocycles. The topological polar surface area (TPSA) is 35.5 Å². The molecule has 0 aromatic heterocycles. The third-order valence-corrected chi connectivity index (χ3v) is 6.72. The highest BCUT2D eigenvalue weighted by Crippen LogP contribution is 2.45. The number of carbonyl (C=O) groups is 1. The number of hydrogen-bond donors (Lipinski definition) is 0. The van der Waals surface area contributed by atoms with Gasteiger partial charge in [0.15, 0.2) is 0 Å². The second kappa shape index (κ2) is 9.37. The van der Waals surface area contributed by atoms with Gasteiger partial charge >= 0.3 is 5.97 Å². The molecular weight excluding hydrogens is 432 g/mol. The molecule has 3 nitrogen and oxygen atoms in total. The van der Waals surface area contributed by atoms with Crippen molar-refractivity contribution >= 4 is 12.0 Å². The molecule has 0 N–H and O–H groups in total. The lowest BCUT2D eigenvalue weighted by Gasteiger charge is -2.32. The van der Waals surface area contributed by atoms with E-state index < -0.39 is 5.92 Å². The number of benzene rings is 3. The van der Waals surface area contributed by atoms with Crippen molar-refractivity contribution in [3.05, 3.63) is 101 Å². The van der Waals surface area contributed by atoms with Gasteiger partial charge < -0.3 is 9.47 Å². The summed E-state index contributed by atoms with van der Waals surface area (Å²) in [7, 11) is 1.68. The number of methoxy groups -OCH3 is 1. The van der Waals surface area contributed by atoms with E-state index in [1.165, 1.54) is 0 Å². The molecule has 0 bridgehead atoms. The lowest BCUT2D eigenvalue weighted by Crippen LogP contribution is -2.30. The van der Waals surface area contributed by atoms with Crippen molar-refractivity contribution in [3.8, 4) is 11.5 Å². The van der Waals surface area contributed by atoms with Gasteiger partial charge in [-0.1, -0.05) is 108 Å². The molecule has 1 aliphatic carbocycles. The molecule has 0 amide bonds. The molecule has 0 fully saturated rings. The van der Waals surface area contributed by atoms with Crippen LogP contribution in [0.4, 0.5) is 0 Å². The smallest absolute Gasteiger partial charge is 0.319 e. The number of esters is 1. The maximum Gasteiger partial charge on any atom is 0.319 e. The van der Waals surface area contributed by atoms with E-state index in [2.05, 4.69) is 65.8 Å². The SMILES string of the molecule is COc1cc(C(C)(C)C)c(OC(=O)C2C=Cc3ccccc3C2c2ccccc2)c(C(C)(C)C)c1. The summed E-state index contributed by atoms with van der Waals surface area (Å²) in [6.07, 6.45) is 4.05. The van der Waals surface area contributed by atoms with E-state index in [0.29, 0.717) is 5.75 Å². The van der Waals surface area contributed by atoms with Crippen molar-refractivity contribution in [3.63, 3.8) is 0 Å². The molecule has 0 radical (unpaired) electrons. The first-order valence-electron chi connectivity index (χ1n) is 12.3. The predicted molar refractivity (Wildman–Crippen MR) is 143 cm³/mol. The first-order valence-corrected chi connectivity index (χ1v) is 12.3. The van der Waals surface area contributed by atoms with Crippen molar-refractivity contribution in [1.29, 1.82) is 0 Å². The minimum Gasteiger partial charge on any atom is -0.497 e. The molecule has 0 spiro atoms. The van der Waals surface area contributed by atoms with Gasteiger partial charge in [-0.2, -0.15) is 0 Å². The molecule has 3 aromatic rings. The van der Waals surface area contributed by atoms with Crippen LogP contribution in [0.25, 0.3) is 6.08 Å². The second-order valence-corrected chi connectivity index (χ2v) is 11.4. The summed E-state index contributed by atoms with van der Waals surface area (Å²) in [5.74, 6) is 0.628. The summed E-state index contributed by atoms with van der Waals surface area (Å²) in [5, 5.41) is 0. The van der Waals surface area contributed by atoms with Gasteiger partial charge in [-0.05, 0) is 39.7 Å². The standard InChI is InChI=1S/C32H36O3/c1-31(2,3)26-19-23(34-7)20-27(32(4,5)6)29(26)35-30(33)25-18-17-21-13-11-12-16-24(21)28(25)22-14-9-8-10-15-22/h8-20,25,28H,1-7H3. The van der Waals surface area contributed by atoms with Gasteiger partial charge in [-0.15, -0.1) is 0 Å². The van der Waals surface area contributed by atoms with Gasteiger partial charge in [-0.3, -0.25) is 4.79 Å². The van der Waals surface area contributed by atoms with Crippen molar-refractivity contribution in [2.75, 3.05) is 7.11 Å². The fourth-order valence-corrected chi connectivity index (χ4v) is 4.83. The minimum absolute atomic E-state index is 0.112. The first-order chi connectivity index (χ1) is 16.5. The average Bonchev–Trinajstić information content (AvgIpc) is 2.82. The van der Waals surface area contributed by atoms with Crippen LogP contribution in [-0.2, 0) is 15.6 Å².